The SMILES string of the molecule is CCOC1CC(Nc2ccc(OC)cc2C)C1(C)CC. The van der Waals surface area contributed by atoms with Crippen LogP contribution in [-0.2, 0) is 4.74 Å². The molecule has 0 saturated heterocycles. The second-order valence-corrected chi connectivity index (χ2v) is 5.92. The molecule has 1 aromatic carbocycles. The van der Waals surface area contributed by atoms with E-state index in [9.17, 15) is 0 Å². The summed E-state index contributed by atoms with van der Waals surface area (Å²) in [6.45, 7) is 9.57. The summed E-state index contributed by atoms with van der Waals surface area (Å²) >= 11 is 0. The number of rotatable bonds is 6. The first-order chi connectivity index (χ1) is 9.55. The minimum atomic E-state index is 0.225. The van der Waals surface area contributed by atoms with Crippen molar-refractivity contribution in [3.8, 4) is 5.75 Å². The van der Waals surface area contributed by atoms with Gasteiger partial charge in [-0.15, -0.1) is 0 Å². The lowest BCUT2D eigenvalue weighted by Crippen LogP contribution is -2.59. The van der Waals surface area contributed by atoms with Gasteiger partial charge >= 0.3 is 0 Å². The van der Waals surface area contributed by atoms with Gasteiger partial charge in [-0.2, -0.15) is 0 Å². The summed E-state index contributed by atoms with van der Waals surface area (Å²) in [6, 6.07) is 6.68. The van der Waals surface area contributed by atoms with Crippen LogP contribution in [-0.4, -0.2) is 25.9 Å². The van der Waals surface area contributed by atoms with Crippen molar-refractivity contribution >= 4 is 5.69 Å². The van der Waals surface area contributed by atoms with E-state index >= 15 is 0 Å². The average Bonchev–Trinajstić information content (AvgIpc) is 2.46. The van der Waals surface area contributed by atoms with Gasteiger partial charge in [0.15, 0.2) is 0 Å². The molecule has 3 nitrogen and oxygen atoms in total. The molecule has 2 rings (SSSR count). The van der Waals surface area contributed by atoms with Crippen LogP contribution in [0.1, 0.15) is 39.2 Å². The lowest BCUT2D eigenvalue weighted by molar-refractivity contribution is -0.109. The normalized spacial score (nSPS) is 28.9. The summed E-state index contributed by atoms with van der Waals surface area (Å²) in [7, 11) is 1.70. The molecule has 1 aliphatic rings. The number of benzene rings is 1. The zero-order valence-corrected chi connectivity index (χ0v) is 13.3. The summed E-state index contributed by atoms with van der Waals surface area (Å²) in [5.74, 6) is 0.909. The zero-order chi connectivity index (χ0) is 14.8. The Morgan fingerprint density at radius 2 is 2.10 bits per heavy atom. The predicted molar refractivity (Wildman–Crippen MR) is 83.6 cm³/mol. The minimum absolute atomic E-state index is 0.225. The summed E-state index contributed by atoms with van der Waals surface area (Å²) in [5.41, 5.74) is 2.65. The van der Waals surface area contributed by atoms with Gasteiger partial charge in [-0.3, -0.25) is 0 Å². The Hall–Kier alpha value is -1.22. The molecule has 1 fully saturated rings. The van der Waals surface area contributed by atoms with Crippen LogP contribution in [0.2, 0.25) is 0 Å². The third-order valence-electron chi connectivity index (χ3n) is 4.87. The number of nitrogens with one attached hydrogen (secondary N) is 1. The Bertz CT molecular complexity index is 460. The number of hydrogen-bond donors (Lipinski definition) is 1. The Labute approximate surface area is 122 Å². The highest BCUT2D eigenvalue weighted by atomic mass is 16.5. The van der Waals surface area contributed by atoms with E-state index in [1.165, 1.54) is 11.3 Å². The molecule has 112 valence electrons. The van der Waals surface area contributed by atoms with E-state index in [-0.39, 0.29) is 5.41 Å². The summed E-state index contributed by atoms with van der Waals surface area (Å²) in [6.07, 6.45) is 2.60. The van der Waals surface area contributed by atoms with Crippen LogP contribution in [0.4, 0.5) is 5.69 Å². The van der Waals surface area contributed by atoms with Crippen LogP contribution < -0.4 is 10.1 Å². The smallest absolute Gasteiger partial charge is 0.119 e. The zero-order valence-electron chi connectivity index (χ0n) is 13.3. The first-order valence-electron chi connectivity index (χ1n) is 7.58. The van der Waals surface area contributed by atoms with Crippen LogP contribution >= 0.6 is 0 Å². The first-order valence-corrected chi connectivity index (χ1v) is 7.58. The number of methoxy groups -OCH3 is 1. The number of ether oxygens (including phenoxy) is 2. The molecule has 3 atom stereocenters. The number of aryl methyl sites for hydroxylation is 1. The fourth-order valence-electron chi connectivity index (χ4n) is 3.09. The molecule has 0 heterocycles. The highest BCUT2D eigenvalue weighted by molar-refractivity contribution is 5.55. The maximum Gasteiger partial charge on any atom is 0.119 e. The topological polar surface area (TPSA) is 30.5 Å². The molecule has 3 unspecified atom stereocenters. The van der Waals surface area contributed by atoms with Crippen molar-refractivity contribution in [2.45, 2.75) is 52.7 Å². The molecule has 3 heteroatoms. The maximum absolute atomic E-state index is 5.86. The number of hydrogen-bond acceptors (Lipinski definition) is 3. The first kappa shape index (κ1) is 15.2. The molecule has 20 heavy (non-hydrogen) atoms. The summed E-state index contributed by atoms with van der Waals surface area (Å²) in [4.78, 5) is 0. The van der Waals surface area contributed by atoms with Crippen molar-refractivity contribution in [1.29, 1.82) is 0 Å². The van der Waals surface area contributed by atoms with Gasteiger partial charge in [0.1, 0.15) is 5.75 Å². The van der Waals surface area contributed by atoms with Gasteiger partial charge in [0.25, 0.3) is 0 Å². The quantitative estimate of drug-likeness (QED) is 0.852. The maximum atomic E-state index is 5.86. The van der Waals surface area contributed by atoms with Gasteiger partial charge in [0.2, 0.25) is 0 Å². The minimum Gasteiger partial charge on any atom is -0.497 e. The second kappa shape index (κ2) is 6.04. The molecule has 0 aromatic heterocycles. The molecule has 1 aromatic rings. The lowest BCUT2D eigenvalue weighted by Gasteiger charge is -2.54. The molecule has 1 N–H and O–H groups in total. The molecule has 0 bridgehead atoms. The van der Waals surface area contributed by atoms with Crippen molar-refractivity contribution in [2.24, 2.45) is 5.41 Å². The van der Waals surface area contributed by atoms with Crippen molar-refractivity contribution < 1.29 is 9.47 Å². The Kier molecular flexibility index (Phi) is 4.59. The predicted octanol–water partition coefficient (Wildman–Crippen LogP) is 4.01. The average molecular weight is 277 g/mol. The van der Waals surface area contributed by atoms with Crippen LogP contribution in [0.3, 0.4) is 0 Å². The highest BCUT2D eigenvalue weighted by Gasteiger charge is 2.51. The van der Waals surface area contributed by atoms with Crippen LogP contribution in [0.25, 0.3) is 0 Å². The fraction of sp³-hybridized carbons (Fsp3) is 0.647. The van der Waals surface area contributed by atoms with Crippen molar-refractivity contribution in [1.82, 2.24) is 0 Å². The summed E-state index contributed by atoms with van der Waals surface area (Å²) in [5, 5.41) is 3.69. The van der Waals surface area contributed by atoms with Crippen LogP contribution in [0.15, 0.2) is 18.2 Å². The Morgan fingerprint density at radius 3 is 2.65 bits per heavy atom. The second-order valence-electron chi connectivity index (χ2n) is 5.92. The third-order valence-corrected chi connectivity index (χ3v) is 4.87. The molecule has 1 saturated carbocycles. The van der Waals surface area contributed by atoms with E-state index in [0.717, 1.165) is 25.2 Å². The Morgan fingerprint density at radius 1 is 1.35 bits per heavy atom. The molecule has 0 spiro atoms. The van der Waals surface area contributed by atoms with Crippen LogP contribution in [0, 0.1) is 12.3 Å². The van der Waals surface area contributed by atoms with Gasteiger partial charge in [-0.25, -0.2) is 0 Å². The fourth-order valence-corrected chi connectivity index (χ4v) is 3.09. The molecule has 1 aliphatic carbocycles. The largest absolute Gasteiger partial charge is 0.497 e. The molecule has 0 aliphatic heterocycles. The summed E-state index contributed by atoms with van der Waals surface area (Å²) < 4.78 is 11.1. The molecule has 0 amide bonds. The van der Waals surface area contributed by atoms with E-state index in [0.29, 0.717) is 12.1 Å². The van der Waals surface area contributed by atoms with E-state index in [4.69, 9.17) is 9.47 Å². The highest BCUT2D eigenvalue weighted by Crippen LogP contribution is 2.47. The van der Waals surface area contributed by atoms with Gasteiger partial charge in [0, 0.05) is 23.8 Å². The molecular weight excluding hydrogens is 250 g/mol. The van der Waals surface area contributed by atoms with Gasteiger partial charge in [-0.1, -0.05) is 13.8 Å². The van der Waals surface area contributed by atoms with E-state index in [1.807, 2.05) is 6.07 Å². The van der Waals surface area contributed by atoms with E-state index < -0.39 is 0 Å². The number of anilines is 1. The van der Waals surface area contributed by atoms with Crippen molar-refractivity contribution in [3.63, 3.8) is 0 Å². The monoisotopic (exact) mass is 277 g/mol. The van der Waals surface area contributed by atoms with E-state index in [1.54, 1.807) is 7.11 Å². The van der Waals surface area contributed by atoms with Crippen LogP contribution in [0.5, 0.6) is 5.75 Å². The molecular formula is C17H27NO2. The van der Waals surface area contributed by atoms with Crippen molar-refractivity contribution in [3.05, 3.63) is 23.8 Å². The van der Waals surface area contributed by atoms with E-state index in [2.05, 4.69) is 45.1 Å². The molecule has 0 radical (unpaired) electrons. The van der Waals surface area contributed by atoms with Crippen molar-refractivity contribution in [2.75, 3.05) is 19.0 Å². The van der Waals surface area contributed by atoms with Gasteiger partial charge < -0.3 is 14.8 Å². The third kappa shape index (κ3) is 2.64. The lowest BCUT2D eigenvalue weighted by atomic mass is 9.61. The standard InChI is InChI=1S/C17H27NO2/c1-6-17(4)15(11-16(17)20-7-2)18-14-9-8-13(19-5)10-12(14)3/h8-10,15-16,18H,6-7,11H2,1-5H3. The Balaban J connectivity index is 2.07. The van der Waals surface area contributed by atoms with Gasteiger partial charge in [0.05, 0.1) is 13.2 Å². The van der Waals surface area contributed by atoms with Gasteiger partial charge in [-0.05, 0) is 50.5 Å².